The van der Waals surface area contributed by atoms with Gasteiger partial charge in [-0.25, -0.2) is 0 Å². The smallest absolute Gasteiger partial charge is 0.230 e. The summed E-state index contributed by atoms with van der Waals surface area (Å²) in [6.45, 7) is 4.92. The van der Waals surface area contributed by atoms with E-state index >= 15 is 0 Å². The third-order valence-electron chi connectivity index (χ3n) is 5.00. The molecule has 1 N–H and O–H groups in total. The van der Waals surface area contributed by atoms with Crippen LogP contribution >= 0.6 is 35.0 Å². The minimum atomic E-state index is 0.0514. The van der Waals surface area contributed by atoms with E-state index in [1.807, 2.05) is 17.6 Å². The van der Waals surface area contributed by atoms with Gasteiger partial charge in [0.2, 0.25) is 5.91 Å². The van der Waals surface area contributed by atoms with Crippen molar-refractivity contribution in [1.82, 2.24) is 20.1 Å². The number of nitrogens with zero attached hydrogens (tertiary/aromatic N) is 3. The number of rotatable bonds is 6. The molecule has 0 unspecified atom stereocenters. The van der Waals surface area contributed by atoms with Crippen molar-refractivity contribution in [3.63, 3.8) is 0 Å². The van der Waals surface area contributed by atoms with Gasteiger partial charge in [0.15, 0.2) is 11.0 Å². The molecular formula is C19H24Cl2N4OS. The molecule has 2 aromatic rings. The number of halogens is 2. The van der Waals surface area contributed by atoms with Gasteiger partial charge in [-0.3, -0.25) is 4.79 Å². The highest BCUT2D eigenvalue weighted by Crippen LogP contribution is 2.31. The lowest BCUT2D eigenvalue weighted by molar-refractivity contribution is -0.119. The Morgan fingerprint density at radius 2 is 2.07 bits per heavy atom. The Morgan fingerprint density at radius 1 is 1.30 bits per heavy atom. The van der Waals surface area contributed by atoms with Crippen LogP contribution in [0.4, 0.5) is 0 Å². The molecule has 1 aliphatic carbocycles. The first-order valence-corrected chi connectivity index (χ1v) is 11.0. The minimum absolute atomic E-state index is 0.0514. The van der Waals surface area contributed by atoms with Gasteiger partial charge in [0.25, 0.3) is 0 Å². The predicted molar refractivity (Wildman–Crippen MR) is 111 cm³/mol. The van der Waals surface area contributed by atoms with Gasteiger partial charge in [-0.05, 0) is 43.9 Å². The molecule has 2 atom stereocenters. The van der Waals surface area contributed by atoms with Gasteiger partial charge >= 0.3 is 0 Å². The van der Waals surface area contributed by atoms with E-state index < -0.39 is 0 Å². The third-order valence-corrected chi connectivity index (χ3v) is 6.51. The Kier molecular flexibility index (Phi) is 7.06. The second kappa shape index (κ2) is 9.30. The molecule has 5 nitrogen and oxygen atoms in total. The van der Waals surface area contributed by atoms with E-state index in [4.69, 9.17) is 23.2 Å². The summed E-state index contributed by atoms with van der Waals surface area (Å²) in [6.07, 6.45) is 4.71. The first kappa shape index (κ1) is 20.5. The molecule has 1 amide bonds. The summed E-state index contributed by atoms with van der Waals surface area (Å²) in [5.74, 6) is 1.61. The zero-order valence-corrected chi connectivity index (χ0v) is 17.9. The van der Waals surface area contributed by atoms with Crippen molar-refractivity contribution in [2.75, 3.05) is 5.75 Å². The lowest BCUT2D eigenvalue weighted by Crippen LogP contribution is -2.41. The molecule has 0 spiro atoms. The zero-order valence-electron chi connectivity index (χ0n) is 15.5. The highest BCUT2D eigenvalue weighted by molar-refractivity contribution is 7.99. The van der Waals surface area contributed by atoms with Crippen LogP contribution in [0, 0.1) is 5.92 Å². The normalized spacial score (nSPS) is 19.9. The van der Waals surface area contributed by atoms with Crippen molar-refractivity contribution in [1.29, 1.82) is 0 Å². The third kappa shape index (κ3) is 4.98. The van der Waals surface area contributed by atoms with Crippen LogP contribution < -0.4 is 5.32 Å². The standard InChI is InChI=1S/C19H24Cl2N4OS/c1-3-25-18(14-9-8-13(20)10-15(14)21)23-24-19(25)27-11-17(26)22-16-7-5-4-6-12(16)2/h8-10,12,16H,3-7,11H2,1-2H3,(H,22,26)/t12-,16-/m0/s1. The van der Waals surface area contributed by atoms with Crippen LogP contribution in [0.1, 0.15) is 39.5 Å². The molecular weight excluding hydrogens is 403 g/mol. The zero-order chi connectivity index (χ0) is 19.4. The Labute approximate surface area is 174 Å². The average molecular weight is 427 g/mol. The van der Waals surface area contributed by atoms with Crippen molar-refractivity contribution in [3.8, 4) is 11.4 Å². The maximum atomic E-state index is 12.4. The van der Waals surface area contributed by atoms with Crippen molar-refractivity contribution < 1.29 is 4.79 Å². The Morgan fingerprint density at radius 3 is 2.78 bits per heavy atom. The number of aromatic nitrogens is 3. The predicted octanol–water partition coefficient (Wildman–Crippen LogP) is 5.06. The van der Waals surface area contributed by atoms with Gasteiger partial charge < -0.3 is 9.88 Å². The number of hydrogen-bond acceptors (Lipinski definition) is 4. The highest BCUT2D eigenvalue weighted by atomic mass is 35.5. The second-order valence-corrected chi connectivity index (χ2v) is 8.69. The molecule has 1 fully saturated rings. The summed E-state index contributed by atoms with van der Waals surface area (Å²) in [5, 5.41) is 13.6. The van der Waals surface area contributed by atoms with Gasteiger partial charge in [0.1, 0.15) is 0 Å². The number of hydrogen-bond donors (Lipinski definition) is 1. The number of amides is 1. The molecule has 146 valence electrons. The van der Waals surface area contributed by atoms with Crippen LogP contribution in [0.2, 0.25) is 10.0 Å². The first-order chi connectivity index (χ1) is 13.0. The largest absolute Gasteiger partial charge is 0.352 e. The topological polar surface area (TPSA) is 59.8 Å². The van der Waals surface area contributed by atoms with Crippen molar-refractivity contribution in [3.05, 3.63) is 28.2 Å². The van der Waals surface area contributed by atoms with Gasteiger partial charge in [0, 0.05) is 23.2 Å². The van der Waals surface area contributed by atoms with E-state index in [-0.39, 0.29) is 5.91 Å². The van der Waals surface area contributed by atoms with Gasteiger partial charge in [-0.15, -0.1) is 10.2 Å². The van der Waals surface area contributed by atoms with E-state index in [0.717, 1.165) is 12.0 Å². The summed E-state index contributed by atoms with van der Waals surface area (Å²) < 4.78 is 1.97. The van der Waals surface area contributed by atoms with Crippen LogP contribution in [0.15, 0.2) is 23.4 Å². The molecule has 1 aliphatic rings. The summed E-state index contributed by atoms with van der Waals surface area (Å²) in [4.78, 5) is 12.4. The minimum Gasteiger partial charge on any atom is -0.352 e. The number of carbonyl (C=O) groups excluding carboxylic acids is 1. The van der Waals surface area contributed by atoms with Crippen LogP contribution in [-0.4, -0.2) is 32.5 Å². The van der Waals surface area contributed by atoms with Gasteiger partial charge in [-0.1, -0.05) is 54.7 Å². The summed E-state index contributed by atoms with van der Waals surface area (Å²) in [5.41, 5.74) is 0.780. The summed E-state index contributed by atoms with van der Waals surface area (Å²) >= 11 is 13.7. The SMILES string of the molecule is CCn1c(SCC(=O)N[C@H]2CCCC[C@@H]2C)nnc1-c1ccc(Cl)cc1Cl. The van der Waals surface area contributed by atoms with Crippen LogP contribution in [0.5, 0.6) is 0 Å². The van der Waals surface area contributed by atoms with E-state index in [2.05, 4.69) is 22.4 Å². The number of nitrogens with one attached hydrogen (secondary N) is 1. The summed E-state index contributed by atoms with van der Waals surface area (Å²) in [6, 6.07) is 5.60. The van der Waals surface area contributed by atoms with Crippen molar-refractivity contribution >= 4 is 40.9 Å². The van der Waals surface area contributed by atoms with Crippen molar-refractivity contribution in [2.24, 2.45) is 5.92 Å². The fraction of sp³-hybridized carbons (Fsp3) is 0.526. The second-order valence-electron chi connectivity index (χ2n) is 6.90. The molecule has 0 saturated heterocycles. The maximum Gasteiger partial charge on any atom is 0.230 e. The molecule has 0 bridgehead atoms. The first-order valence-electron chi connectivity index (χ1n) is 9.30. The Bertz CT molecular complexity index is 811. The van der Waals surface area contributed by atoms with Gasteiger partial charge in [0.05, 0.1) is 10.8 Å². The molecule has 8 heteroatoms. The molecule has 0 aliphatic heterocycles. The Hall–Kier alpha value is -1.24. The molecule has 1 saturated carbocycles. The van der Waals surface area contributed by atoms with E-state index in [1.165, 1.54) is 31.0 Å². The molecule has 1 aromatic heterocycles. The fourth-order valence-corrected chi connectivity index (χ4v) is 4.77. The average Bonchev–Trinajstić information content (AvgIpc) is 3.04. The quantitative estimate of drug-likeness (QED) is 0.655. The Balaban J connectivity index is 1.67. The van der Waals surface area contributed by atoms with E-state index in [1.54, 1.807) is 12.1 Å². The number of thioether (sulfide) groups is 1. The highest BCUT2D eigenvalue weighted by Gasteiger charge is 2.23. The van der Waals surface area contributed by atoms with Crippen LogP contribution in [0.3, 0.4) is 0 Å². The number of carbonyl (C=O) groups is 1. The molecule has 1 heterocycles. The van der Waals surface area contributed by atoms with E-state index in [0.29, 0.717) is 45.3 Å². The lowest BCUT2D eigenvalue weighted by Gasteiger charge is -2.29. The summed E-state index contributed by atoms with van der Waals surface area (Å²) in [7, 11) is 0. The number of benzene rings is 1. The van der Waals surface area contributed by atoms with Gasteiger partial charge in [-0.2, -0.15) is 0 Å². The molecule has 1 aromatic carbocycles. The lowest BCUT2D eigenvalue weighted by atomic mass is 9.86. The van der Waals surface area contributed by atoms with E-state index in [9.17, 15) is 4.79 Å². The molecule has 0 radical (unpaired) electrons. The fourth-order valence-electron chi connectivity index (χ4n) is 3.46. The monoisotopic (exact) mass is 426 g/mol. The maximum absolute atomic E-state index is 12.4. The van der Waals surface area contributed by atoms with Crippen LogP contribution in [-0.2, 0) is 11.3 Å². The molecule has 3 rings (SSSR count). The van der Waals surface area contributed by atoms with Crippen LogP contribution in [0.25, 0.3) is 11.4 Å². The van der Waals surface area contributed by atoms with Crippen molar-refractivity contribution in [2.45, 2.75) is 57.3 Å². The molecule has 27 heavy (non-hydrogen) atoms.